The zero-order chi connectivity index (χ0) is 30.4. The van der Waals surface area contributed by atoms with E-state index in [1.165, 1.54) is 23.5 Å². The molecule has 3 N–H and O–H groups in total. The fraction of sp³-hybridized carbons (Fsp3) is 0.536. The minimum atomic E-state index is -4.46. The Morgan fingerprint density at radius 3 is 2.20 bits per heavy atom. The summed E-state index contributed by atoms with van der Waals surface area (Å²) in [5.41, 5.74) is -2.61. The van der Waals surface area contributed by atoms with Gasteiger partial charge in [0.2, 0.25) is 0 Å². The van der Waals surface area contributed by atoms with Crippen molar-refractivity contribution >= 4 is 23.5 Å². The van der Waals surface area contributed by atoms with Crippen LogP contribution in [0, 0.1) is 11.8 Å². The maximum Gasteiger partial charge on any atom is 0.416 e. The van der Waals surface area contributed by atoms with Gasteiger partial charge in [-0.25, -0.2) is 14.6 Å². The predicted molar refractivity (Wildman–Crippen MR) is 146 cm³/mol. The van der Waals surface area contributed by atoms with Crippen LogP contribution < -0.4 is 10.6 Å². The third-order valence-electron chi connectivity index (χ3n) is 4.97. The number of halogens is 3. The minimum absolute atomic E-state index is 0.0664. The summed E-state index contributed by atoms with van der Waals surface area (Å²) in [4.78, 5) is 29.4. The maximum atomic E-state index is 12.9. The van der Waals surface area contributed by atoms with Crippen LogP contribution in [0.3, 0.4) is 0 Å². The largest absolute Gasteiger partial charge is 0.444 e. The Hall–Kier alpha value is -3.30. The predicted octanol–water partition coefficient (Wildman–Crippen LogP) is 5.47. The van der Waals surface area contributed by atoms with Crippen LogP contribution in [0.25, 0.3) is 0 Å². The molecule has 220 valence electrons. The smallest absolute Gasteiger partial charge is 0.416 e. The normalized spacial score (nSPS) is 13.1. The number of rotatable bonds is 8. The molecule has 0 bridgehead atoms. The van der Waals surface area contributed by atoms with Crippen LogP contribution in [0.1, 0.15) is 70.3 Å². The van der Waals surface area contributed by atoms with Gasteiger partial charge < -0.3 is 25.2 Å². The Bertz CT molecular complexity index is 1220. The topological polar surface area (TPSA) is 110 Å². The third-order valence-corrected chi connectivity index (χ3v) is 5.82. The van der Waals surface area contributed by atoms with Gasteiger partial charge in [-0.05, 0) is 78.5 Å². The molecule has 1 heterocycles. The fourth-order valence-electron chi connectivity index (χ4n) is 3.32. The SMILES string of the molecule is CC(C)(O)C#Cc1csc(CC(C)(C)OC(=O)NC[C@H](Cc2ccc(C(F)(F)F)cc2)NC(=O)OC(C)(C)C)n1. The summed E-state index contributed by atoms with van der Waals surface area (Å²) in [6.07, 6.45) is -5.50. The molecule has 0 aliphatic carbocycles. The number of aromatic nitrogens is 1. The van der Waals surface area contributed by atoms with E-state index >= 15 is 0 Å². The van der Waals surface area contributed by atoms with Gasteiger partial charge in [0.05, 0.1) is 16.6 Å². The van der Waals surface area contributed by atoms with Crippen LogP contribution in [0.2, 0.25) is 0 Å². The summed E-state index contributed by atoms with van der Waals surface area (Å²) in [6, 6.07) is 3.87. The first-order valence-corrected chi connectivity index (χ1v) is 13.4. The summed E-state index contributed by atoms with van der Waals surface area (Å²) in [7, 11) is 0. The first kappa shape index (κ1) is 32.9. The Labute approximate surface area is 236 Å². The van der Waals surface area contributed by atoms with Gasteiger partial charge in [-0.1, -0.05) is 18.1 Å². The van der Waals surface area contributed by atoms with Crippen LogP contribution in [0.5, 0.6) is 0 Å². The second-order valence-electron chi connectivity index (χ2n) is 11.4. The molecular formula is C28H36F3N3O5S. The van der Waals surface area contributed by atoms with E-state index in [-0.39, 0.29) is 13.0 Å². The summed E-state index contributed by atoms with van der Waals surface area (Å²) in [5.74, 6) is 5.49. The second kappa shape index (κ2) is 12.9. The molecule has 2 rings (SSSR count). The molecule has 1 aromatic heterocycles. The number of aliphatic hydroxyl groups is 1. The zero-order valence-corrected chi connectivity index (χ0v) is 24.5. The molecule has 8 nitrogen and oxygen atoms in total. The molecule has 0 aliphatic rings. The number of alkyl carbamates (subject to hydrolysis) is 2. The van der Waals surface area contributed by atoms with Crippen molar-refractivity contribution in [2.24, 2.45) is 0 Å². The lowest BCUT2D eigenvalue weighted by molar-refractivity contribution is -0.137. The van der Waals surface area contributed by atoms with Crippen LogP contribution in [0.4, 0.5) is 22.8 Å². The van der Waals surface area contributed by atoms with E-state index in [0.717, 1.165) is 12.1 Å². The number of ether oxygens (including phenoxy) is 2. The van der Waals surface area contributed by atoms with E-state index in [2.05, 4.69) is 27.5 Å². The van der Waals surface area contributed by atoms with Gasteiger partial charge >= 0.3 is 18.4 Å². The van der Waals surface area contributed by atoms with E-state index < -0.39 is 46.8 Å². The third kappa shape index (κ3) is 12.7. The van der Waals surface area contributed by atoms with Gasteiger partial charge in [0.1, 0.15) is 22.5 Å². The molecule has 0 aliphatic heterocycles. The molecule has 2 amide bonds. The highest BCUT2D eigenvalue weighted by molar-refractivity contribution is 7.09. The molecular weight excluding hydrogens is 547 g/mol. The minimum Gasteiger partial charge on any atom is -0.444 e. The quantitative estimate of drug-likeness (QED) is 0.356. The number of carbonyl (C=O) groups is 2. The Morgan fingerprint density at radius 1 is 1.02 bits per heavy atom. The van der Waals surface area contributed by atoms with Crippen molar-refractivity contribution in [3.05, 3.63) is 51.5 Å². The molecule has 0 saturated heterocycles. The standard InChI is InChI=1S/C28H36F3N3O5S/c1-25(2,3)38-24(36)34-21(14-18-8-10-19(11-9-18)28(29,30)31)16-32-23(35)39-27(6,7)15-22-33-20(17-40-22)12-13-26(4,5)37/h8-11,17,21,37H,14-16H2,1-7H3,(H,32,35)(H,34,36)/t21-/m0/s1. The number of thiazole rings is 1. The van der Waals surface area contributed by atoms with Crippen molar-refractivity contribution in [2.45, 2.75) is 90.3 Å². The van der Waals surface area contributed by atoms with Crippen LogP contribution >= 0.6 is 11.3 Å². The van der Waals surface area contributed by atoms with E-state index in [1.54, 1.807) is 53.8 Å². The van der Waals surface area contributed by atoms with E-state index in [4.69, 9.17) is 9.47 Å². The van der Waals surface area contributed by atoms with Crippen molar-refractivity contribution in [3.63, 3.8) is 0 Å². The average molecular weight is 584 g/mol. The second-order valence-corrected chi connectivity index (χ2v) is 12.3. The van der Waals surface area contributed by atoms with Crippen molar-refractivity contribution in [1.82, 2.24) is 15.6 Å². The number of nitrogens with zero attached hydrogens (tertiary/aromatic N) is 1. The van der Waals surface area contributed by atoms with Gasteiger partial charge in [0.15, 0.2) is 0 Å². The molecule has 12 heteroatoms. The highest BCUT2D eigenvalue weighted by Crippen LogP contribution is 2.29. The number of hydrogen-bond acceptors (Lipinski definition) is 7. The summed E-state index contributed by atoms with van der Waals surface area (Å²) in [5, 5.41) is 17.5. The monoisotopic (exact) mass is 583 g/mol. The number of nitrogens with one attached hydrogen (secondary N) is 2. The molecule has 0 saturated carbocycles. The van der Waals surface area contributed by atoms with E-state index in [9.17, 15) is 27.9 Å². The number of hydrogen-bond donors (Lipinski definition) is 3. The Kier molecular flexibility index (Phi) is 10.6. The molecule has 0 radical (unpaired) electrons. The van der Waals surface area contributed by atoms with Crippen molar-refractivity contribution in [2.75, 3.05) is 6.54 Å². The zero-order valence-electron chi connectivity index (χ0n) is 23.7. The lowest BCUT2D eigenvalue weighted by atomic mass is 10.0. The molecule has 40 heavy (non-hydrogen) atoms. The Morgan fingerprint density at radius 2 is 1.65 bits per heavy atom. The molecule has 1 atom stereocenters. The van der Waals surface area contributed by atoms with Gasteiger partial charge in [0, 0.05) is 18.3 Å². The number of benzene rings is 1. The lowest BCUT2D eigenvalue weighted by Gasteiger charge is -2.26. The van der Waals surface area contributed by atoms with Gasteiger partial charge in [-0.2, -0.15) is 13.2 Å². The number of amides is 2. The molecule has 1 aromatic carbocycles. The highest BCUT2D eigenvalue weighted by Gasteiger charge is 2.30. The van der Waals surface area contributed by atoms with E-state index in [0.29, 0.717) is 22.7 Å². The van der Waals surface area contributed by atoms with Crippen molar-refractivity contribution in [1.29, 1.82) is 0 Å². The summed E-state index contributed by atoms with van der Waals surface area (Å²) < 4.78 is 49.6. The van der Waals surface area contributed by atoms with Gasteiger partial charge in [0.25, 0.3) is 0 Å². The first-order chi connectivity index (χ1) is 18.2. The van der Waals surface area contributed by atoms with E-state index in [1.807, 2.05) is 0 Å². The van der Waals surface area contributed by atoms with Crippen molar-refractivity contribution in [3.8, 4) is 11.8 Å². The fourth-order valence-corrected chi connectivity index (χ4v) is 4.26. The summed E-state index contributed by atoms with van der Waals surface area (Å²) in [6.45, 7) is 11.6. The first-order valence-electron chi connectivity index (χ1n) is 12.5. The van der Waals surface area contributed by atoms with Crippen LogP contribution in [-0.2, 0) is 28.5 Å². The highest BCUT2D eigenvalue weighted by atomic mass is 32.1. The average Bonchev–Trinajstić information content (AvgIpc) is 3.20. The number of alkyl halides is 3. The summed E-state index contributed by atoms with van der Waals surface area (Å²) >= 11 is 1.35. The molecule has 0 spiro atoms. The maximum absolute atomic E-state index is 12.9. The van der Waals surface area contributed by atoms with Gasteiger partial charge in [-0.3, -0.25) is 0 Å². The van der Waals surface area contributed by atoms with Crippen LogP contribution in [0.15, 0.2) is 29.6 Å². The van der Waals surface area contributed by atoms with Crippen molar-refractivity contribution < 1.29 is 37.3 Å². The lowest BCUT2D eigenvalue weighted by Crippen LogP contribution is -2.47. The molecule has 0 fully saturated rings. The molecule has 2 aromatic rings. The Balaban J connectivity index is 2.03. The molecule has 0 unspecified atom stereocenters. The number of carbonyl (C=O) groups excluding carboxylic acids is 2. The van der Waals surface area contributed by atoms with Gasteiger partial charge in [-0.15, -0.1) is 11.3 Å². The van der Waals surface area contributed by atoms with Crippen LogP contribution in [-0.4, -0.2) is 51.7 Å².